The van der Waals surface area contributed by atoms with Gasteiger partial charge in [-0.15, -0.1) is 0 Å². The van der Waals surface area contributed by atoms with Gasteiger partial charge in [0.2, 0.25) is 0 Å². The summed E-state index contributed by atoms with van der Waals surface area (Å²) >= 11 is 11.9. The van der Waals surface area contributed by atoms with Crippen LogP contribution in [0.1, 0.15) is 18.4 Å². The summed E-state index contributed by atoms with van der Waals surface area (Å²) in [4.78, 5) is 11.2. The molecule has 0 aliphatic heterocycles. The molecule has 0 fully saturated rings. The minimum Gasteiger partial charge on any atom is -0.463 e. The molecule has 1 unspecified atom stereocenters. The van der Waals surface area contributed by atoms with E-state index in [4.69, 9.17) is 33.7 Å². The maximum Gasteiger partial charge on any atom is 0.330 e. The molecule has 2 N–H and O–H groups in total. The predicted molar refractivity (Wildman–Crippen MR) is 74.0 cm³/mol. The van der Waals surface area contributed by atoms with Gasteiger partial charge in [0, 0.05) is 28.6 Å². The molecule has 1 aromatic rings. The molecule has 0 saturated heterocycles. The monoisotopic (exact) mass is 287 g/mol. The molecule has 0 radical (unpaired) electrons. The number of hydrogen-bond donors (Lipinski definition) is 1. The minimum atomic E-state index is -0.388. The molecular formula is C13H15Cl2NO2. The average Bonchev–Trinajstić information content (AvgIpc) is 2.32. The quantitative estimate of drug-likeness (QED) is 0.669. The first-order valence-corrected chi connectivity index (χ1v) is 6.34. The fourth-order valence-corrected chi connectivity index (χ4v) is 2.05. The van der Waals surface area contributed by atoms with E-state index in [-0.39, 0.29) is 11.9 Å². The van der Waals surface area contributed by atoms with Crippen molar-refractivity contribution in [2.45, 2.75) is 12.8 Å². The molecule has 0 aromatic heterocycles. The van der Waals surface area contributed by atoms with Crippen LogP contribution in [0.3, 0.4) is 0 Å². The van der Waals surface area contributed by atoms with Crippen molar-refractivity contribution < 1.29 is 9.53 Å². The smallest absolute Gasteiger partial charge is 0.330 e. The van der Waals surface area contributed by atoms with E-state index < -0.39 is 0 Å². The second kappa shape index (κ2) is 7.41. The van der Waals surface area contributed by atoms with E-state index in [2.05, 4.69) is 0 Å². The van der Waals surface area contributed by atoms with Crippen molar-refractivity contribution in [1.82, 2.24) is 0 Å². The van der Waals surface area contributed by atoms with Crippen molar-refractivity contribution in [1.29, 1.82) is 0 Å². The van der Waals surface area contributed by atoms with Crippen molar-refractivity contribution in [2.24, 2.45) is 5.73 Å². The van der Waals surface area contributed by atoms with Gasteiger partial charge in [0.1, 0.15) is 0 Å². The zero-order valence-electron chi connectivity index (χ0n) is 10.0. The zero-order valence-corrected chi connectivity index (χ0v) is 11.5. The summed E-state index contributed by atoms with van der Waals surface area (Å²) in [6.07, 6.45) is 3.05. The summed E-state index contributed by atoms with van der Waals surface area (Å²) in [7, 11) is 0. The van der Waals surface area contributed by atoms with Crippen molar-refractivity contribution in [3.8, 4) is 0 Å². The Morgan fingerprint density at radius 3 is 2.78 bits per heavy atom. The Morgan fingerprint density at radius 1 is 1.50 bits per heavy atom. The first-order chi connectivity index (χ1) is 8.58. The lowest BCUT2D eigenvalue weighted by molar-refractivity contribution is -0.137. The van der Waals surface area contributed by atoms with Crippen LogP contribution in [0.4, 0.5) is 0 Å². The van der Waals surface area contributed by atoms with Crippen LogP contribution >= 0.6 is 23.2 Å². The first kappa shape index (κ1) is 15.0. The van der Waals surface area contributed by atoms with Crippen molar-refractivity contribution >= 4 is 29.2 Å². The number of benzene rings is 1. The van der Waals surface area contributed by atoms with Crippen LogP contribution in [0, 0.1) is 0 Å². The number of esters is 1. The molecule has 1 atom stereocenters. The van der Waals surface area contributed by atoms with E-state index in [1.165, 1.54) is 6.08 Å². The Balaban J connectivity index is 2.86. The van der Waals surface area contributed by atoms with Gasteiger partial charge in [-0.2, -0.15) is 0 Å². The van der Waals surface area contributed by atoms with Crippen LogP contribution in [0.15, 0.2) is 30.4 Å². The van der Waals surface area contributed by atoms with Gasteiger partial charge in [-0.3, -0.25) is 0 Å². The highest BCUT2D eigenvalue weighted by Crippen LogP contribution is 2.27. The van der Waals surface area contributed by atoms with Gasteiger partial charge in [0.05, 0.1) is 6.61 Å². The molecule has 3 nitrogen and oxygen atoms in total. The molecule has 0 spiro atoms. The number of hydrogen-bond acceptors (Lipinski definition) is 3. The highest BCUT2D eigenvalue weighted by molar-refractivity contribution is 6.35. The molecule has 5 heteroatoms. The summed E-state index contributed by atoms with van der Waals surface area (Å²) in [5.41, 5.74) is 6.51. The second-order valence-corrected chi connectivity index (χ2v) is 4.46. The third-order valence-corrected chi connectivity index (χ3v) is 2.93. The summed E-state index contributed by atoms with van der Waals surface area (Å²) in [5.74, 6) is -0.528. The Hall–Kier alpha value is -1.03. The highest BCUT2D eigenvalue weighted by Gasteiger charge is 2.11. The van der Waals surface area contributed by atoms with Crippen LogP contribution in [-0.2, 0) is 9.53 Å². The van der Waals surface area contributed by atoms with Crippen LogP contribution in [0.2, 0.25) is 10.0 Å². The van der Waals surface area contributed by atoms with Crippen LogP contribution in [0.25, 0.3) is 0 Å². The lowest BCUT2D eigenvalue weighted by Gasteiger charge is -2.12. The van der Waals surface area contributed by atoms with Gasteiger partial charge in [-0.05, 0) is 24.6 Å². The van der Waals surface area contributed by atoms with Gasteiger partial charge >= 0.3 is 5.97 Å². The van der Waals surface area contributed by atoms with Crippen molar-refractivity contribution in [2.75, 3.05) is 13.2 Å². The molecular weight excluding hydrogens is 273 g/mol. The topological polar surface area (TPSA) is 52.3 Å². The Kier molecular flexibility index (Phi) is 6.19. The molecule has 0 heterocycles. The normalized spacial score (nSPS) is 12.7. The van der Waals surface area contributed by atoms with E-state index in [1.807, 2.05) is 0 Å². The Labute approximate surface area is 117 Å². The molecule has 98 valence electrons. The lowest BCUT2D eigenvalue weighted by Crippen LogP contribution is -2.11. The number of ether oxygens (including phenoxy) is 1. The first-order valence-electron chi connectivity index (χ1n) is 5.58. The molecule has 1 aromatic carbocycles. The summed E-state index contributed by atoms with van der Waals surface area (Å²) in [6.45, 7) is 2.44. The van der Waals surface area contributed by atoms with Gasteiger partial charge < -0.3 is 10.5 Å². The lowest BCUT2D eigenvalue weighted by atomic mass is 9.98. The van der Waals surface area contributed by atoms with Crippen LogP contribution in [-0.4, -0.2) is 19.1 Å². The SMILES string of the molecule is CCOC(=O)/C=C/C(CN)c1ccc(Cl)cc1Cl. The number of carbonyl (C=O) groups excluding carboxylic acids is 1. The average molecular weight is 288 g/mol. The van der Waals surface area contributed by atoms with Gasteiger partial charge in [-0.1, -0.05) is 35.3 Å². The third kappa shape index (κ3) is 4.33. The van der Waals surface area contributed by atoms with Gasteiger partial charge in [0.15, 0.2) is 0 Å². The number of nitrogens with two attached hydrogens (primary N) is 1. The van der Waals surface area contributed by atoms with Crippen molar-refractivity contribution in [3.63, 3.8) is 0 Å². The Morgan fingerprint density at radius 2 is 2.22 bits per heavy atom. The molecule has 18 heavy (non-hydrogen) atoms. The van der Waals surface area contributed by atoms with Crippen LogP contribution in [0.5, 0.6) is 0 Å². The van der Waals surface area contributed by atoms with E-state index in [0.717, 1.165) is 5.56 Å². The van der Waals surface area contributed by atoms with Crippen LogP contribution < -0.4 is 5.73 Å². The molecule has 1 rings (SSSR count). The standard InChI is InChI=1S/C13H15Cl2NO2/c1-2-18-13(17)6-3-9(8-16)11-5-4-10(14)7-12(11)15/h3-7,9H,2,8,16H2,1H3/b6-3+. The molecule has 0 amide bonds. The maximum absolute atomic E-state index is 11.2. The number of rotatable bonds is 5. The maximum atomic E-state index is 11.2. The molecule has 0 aliphatic carbocycles. The molecule has 0 aliphatic rings. The third-order valence-electron chi connectivity index (χ3n) is 2.37. The summed E-state index contributed by atoms with van der Waals surface area (Å²) < 4.78 is 4.80. The highest BCUT2D eigenvalue weighted by atomic mass is 35.5. The molecule has 0 saturated carbocycles. The van der Waals surface area contributed by atoms with Crippen molar-refractivity contribution in [3.05, 3.63) is 46.0 Å². The van der Waals surface area contributed by atoms with E-state index >= 15 is 0 Å². The Bertz CT molecular complexity index is 447. The van der Waals surface area contributed by atoms with E-state index in [0.29, 0.717) is 23.2 Å². The fraction of sp³-hybridized carbons (Fsp3) is 0.308. The van der Waals surface area contributed by atoms with Gasteiger partial charge in [0.25, 0.3) is 0 Å². The number of carbonyl (C=O) groups is 1. The molecule has 0 bridgehead atoms. The predicted octanol–water partition coefficient (Wildman–Crippen LogP) is 3.16. The number of halogens is 2. The minimum absolute atomic E-state index is 0.140. The van der Waals surface area contributed by atoms with E-state index in [1.54, 1.807) is 31.2 Å². The largest absolute Gasteiger partial charge is 0.463 e. The van der Waals surface area contributed by atoms with E-state index in [9.17, 15) is 4.79 Å². The summed E-state index contributed by atoms with van der Waals surface area (Å²) in [6, 6.07) is 5.20. The zero-order chi connectivity index (χ0) is 13.5. The fourth-order valence-electron chi connectivity index (χ4n) is 1.50. The second-order valence-electron chi connectivity index (χ2n) is 3.62. The van der Waals surface area contributed by atoms with Gasteiger partial charge in [-0.25, -0.2) is 4.79 Å². The summed E-state index contributed by atoms with van der Waals surface area (Å²) in [5, 5.41) is 1.10.